The Labute approximate surface area is 288 Å². The summed E-state index contributed by atoms with van der Waals surface area (Å²) in [6.07, 6.45) is 8.35. The van der Waals surface area contributed by atoms with Crippen LogP contribution in [-0.4, -0.2) is 4.57 Å². The molecule has 11 rings (SSSR count). The maximum atomic E-state index is 2.60. The number of nitrogens with zero attached hydrogens (tertiary/aromatic N) is 2. The molecular formula is C46H32N2S. The zero-order valence-electron chi connectivity index (χ0n) is 26.9. The summed E-state index contributed by atoms with van der Waals surface area (Å²) < 4.78 is 5.25. The number of para-hydroxylation sites is 1. The Balaban J connectivity index is 1.27. The molecule has 0 radical (unpaired) electrons. The Hall–Kier alpha value is -5.64. The summed E-state index contributed by atoms with van der Waals surface area (Å²) in [6, 6.07) is 52.8. The van der Waals surface area contributed by atoms with Crippen molar-refractivity contribution in [1.29, 1.82) is 0 Å². The van der Waals surface area contributed by atoms with Crippen molar-refractivity contribution in [2.45, 2.75) is 25.3 Å². The number of hydrogen-bond donors (Lipinski definition) is 0. The van der Waals surface area contributed by atoms with Gasteiger partial charge in [0, 0.05) is 47.5 Å². The van der Waals surface area contributed by atoms with Crippen molar-refractivity contribution in [3.63, 3.8) is 0 Å². The number of fused-ring (bicyclic) bond motifs is 6. The van der Waals surface area contributed by atoms with Crippen LogP contribution < -0.4 is 4.90 Å². The van der Waals surface area contributed by atoms with E-state index in [9.17, 15) is 0 Å². The largest absolute Gasteiger partial charge is 0.333 e. The number of anilines is 3. The molecule has 0 amide bonds. The van der Waals surface area contributed by atoms with Crippen molar-refractivity contribution in [3.8, 4) is 0 Å². The average Bonchev–Trinajstić information content (AvgIpc) is 3.71. The minimum atomic E-state index is 0.350. The molecule has 0 fully saturated rings. The monoisotopic (exact) mass is 644 g/mol. The molecule has 8 aromatic carbocycles. The molecule has 0 spiro atoms. The molecule has 10 aromatic rings. The summed E-state index contributed by atoms with van der Waals surface area (Å²) in [5, 5.41) is 13.0. The minimum Gasteiger partial charge on any atom is -0.333 e. The van der Waals surface area contributed by atoms with E-state index in [-0.39, 0.29) is 0 Å². The highest BCUT2D eigenvalue weighted by molar-refractivity contribution is 7.25. The second-order valence-corrected chi connectivity index (χ2v) is 14.6. The summed E-state index contributed by atoms with van der Waals surface area (Å²) in [5.74, 6) is 0. The standard InChI is InChI=1S/C46H32N2S/c1-2-12-32(13-3-1)47-38-16-6-4-15-35(38)46-40(47)17-9-18-41(46)48(33-24-27-43-37(28-33)34-14-5-7-19-42(34)49-43)39-26-23-31-21-20-29-10-8-11-30-22-25-36(39)45(31)44(29)30/h2,4-12,14-28,32H,1,3,13H2. The van der Waals surface area contributed by atoms with E-state index in [4.69, 9.17) is 0 Å². The molecule has 0 aliphatic heterocycles. The van der Waals surface area contributed by atoms with Crippen LogP contribution in [0.15, 0.2) is 152 Å². The SMILES string of the molecule is C1=CC(n2c3ccccc3c3c(N(c4ccc5sc6ccccc6c5c4)c4ccc5ccc6cccc7ccc4c5c67)cccc32)CCC1. The lowest BCUT2D eigenvalue weighted by Crippen LogP contribution is -2.12. The first-order valence-corrected chi connectivity index (χ1v) is 18.2. The van der Waals surface area contributed by atoms with Crippen molar-refractivity contribution in [1.82, 2.24) is 4.57 Å². The van der Waals surface area contributed by atoms with Crippen molar-refractivity contribution in [2.75, 3.05) is 4.90 Å². The van der Waals surface area contributed by atoms with E-state index >= 15 is 0 Å². The highest BCUT2D eigenvalue weighted by atomic mass is 32.1. The maximum absolute atomic E-state index is 2.60. The van der Waals surface area contributed by atoms with Crippen molar-refractivity contribution < 1.29 is 0 Å². The van der Waals surface area contributed by atoms with E-state index in [0.717, 1.165) is 6.42 Å². The van der Waals surface area contributed by atoms with Gasteiger partial charge in [-0.3, -0.25) is 0 Å². The molecule has 0 bridgehead atoms. The molecule has 232 valence electrons. The topological polar surface area (TPSA) is 8.17 Å². The van der Waals surface area contributed by atoms with E-state index in [1.807, 2.05) is 11.3 Å². The molecule has 2 heterocycles. The number of thiophene rings is 1. The van der Waals surface area contributed by atoms with Gasteiger partial charge in [-0.05, 0) is 94.7 Å². The van der Waals surface area contributed by atoms with Gasteiger partial charge in [0.1, 0.15) is 0 Å². The lowest BCUT2D eigenvalue weighted by Gasteiger charge is -2.29. The molecule has 3 heteroatoms. The molecule has 1 aliphatic rings. The van der Waals surface area contributed by atoms with Crippen molar-refractivity contribution in [3.05, 3.63) is 152 Å². The van der Waals surface area contributed by atoms with Crippen LogP contribution in [0, 0.1) is 0 Å². The summed E-state index contributed by atoms with van der Waals surface area (Å²) in [7, 11) is 0. The lowest BCUT2D eigenvalue weighted by atomic mass is 9.93. The molecular weight excluding hydrogens is 613 g/mol. The fourth-order valence-electron chi connectivity index (χ4n) is 8.76. The number of aromatic nitrogens is 1. The highest BCUT2D eigenvalue weighted by Gasteiger charge is 2.25. The first kappa shape index (κ1) is 27.3. The zero-order valence-corrected chi connectivity index (χ0v) is 27.8. The van der Waals surface area contributed by atoms with E-state index in [0.29, 0.717) is 6.04 Å². The summed E-state index contributed by atoms with van der Waals surface area (Å²) >= 11 is 1.88. The molecule has 49 heavy (non-hydrogen) atoms. The Morgan fingerprint density at radius 1 is 0.531 bits per heavy atom. The Morgan fingerprint density at radius 2 is 1.27 bits per heavy atom. The summed E-state index contributed by atoms with van der Waals surface area (Å²) in [6.45, 7) is 0. The third-order valence-corrected chi connectivity index (χ3v) is 12.0. The molecule has 0 saturated carbocycles. The second-order valence-electron chi connectivity index (χ2n) is 13.5. The maximum Gasteiger partial charge on any atom is 0.0562 e. The smallest absolute Gasteiger partial charge is 0.0562 e. The Kier molecular flexibility index (Phi) is 5.82. The fourth-order valence-corrected chi connectivity index (χ4v) is 9.85. The molecule has 1 atom stereocenters. The van der Waals surface area contributed by atoms with Gasteiger partial charge in [-0.2, -0.15) is 0 Å². The molecule has 1 unspecified atom stereocenters. The number of rotatable bonds is 4. The summed E-state index contributed by atoms with van der Waals surface area (Å²) in [5.41, 5.74) is 6.18. The van der Waals surface area contributed by atoms with Crippen LogP contribution in [0.25, 0.3) is 74.3 Å². The lowest BCUT2D eigenvalue weighted by molar-refractivity contribution is 0.542. The third-order valence-electron chi connectivity index (χ3n) is 10.9. The van der Waals surface area contributed by atoms with Crippen LogP contribution in [0.1, 0.15) is 25.3 Å². The van der Waals surface area contributed by atoms with Crippen LogP contribution in [-0.2, 0) is 0 Å². The van der Waals surface area contributed by atoms with Gasteiger partial charge in [0.25, 0.3) is 0 Å². The van der Waals surface area contributed by atoms with Crippen LogP contribution in [0.3, 0.4) is 0 Å². The van der Waals surface area contributed by atoms with Gasteiger partial charge in [-0.15, -0.1) is 11.3 Å². The molecule has 1 aliphatic carbocycles. The van der Waals surface area contributed by atoms with Crippen molar-refractivity contribution >= 4 is 103 Å². The number of benzene rings is 8. The third kappa shape index (κ3) is 3.94. The van der Waals surface area contributed by atoms with E-state index in [1.165, 1.54) is 104 Å². The Morgan fingerprint density at radius 3 is 2.14 bits per heavy atom. The molecule has 2 nitrogen and oxygen atoms in total. The first-order valence-electron chi connectivity index (χ1n) is 17.4. The predicted octanol–water partition coefficient (Wildman–Crippen LogP) is 13.8. The van der Waals surface area contributed by atoms with Crippen LogP contribution in [0.4, 0.5) is 17.1 Å². The summed E-state index contributed by atoms with van der Waals surface area (Å²) in [4.78, 5) is 2.55. The second kappa shape index (κ2) is 10.4. The van der Waals surface area contributed by atoms with Gasteiger partial charge in [-0.25, -0.2) is 0 Å². The molecule has 0 N–H and O–H groups in total. The van der Waals surface area contributed by atoms with Gasteiger partial charge in [0.05, 0.1) is 22.9 Å². The van der Waals surface area contributed by atoms with Gasteiger partial charge >= 0.3 is 0 Å². The minimum absolute atomic E-state index is 0.350. The quantitative estimate of drug-likeness (QED) is 0.137. The van der Waals surface area contributed by atoms with Gasteiger partial charge in [-0.1, -0.05) is 103 Å². The van der Waals surface area contributed by atoms with Gasteiger partial charge in [0.2, 0.25) is 0 Å². The fraction of sp³-hybridized carbons (Fsp3) is 0.0870. The Bertz CT molecular complexity index is 2930. The van der Waals surface area contributed by atoms with E-state index in [1.54, 1.807) is 0 Å². The van der Waals surface area contributed by atoms with E-state index < -0.39 is 0 Å². The van der Waals surface area contributed by atoms with Gasteiger partial charge in [0.15, 0.2) is 0 Å². The number of hydrogen-bond acceptors (Lipinski definition) is 2. The van der Waals surface area contributed by atoms with Crippen LogP contribution in [0.5, 0.6) is 0 Å². The van der Waals surface area contributed by atoms with Crippen LogP contribution >= 0.6 is 11.3 Å². The first-order chi connectivity index (χ1) is 24.3. The van der Waals surface area contributed by atoms with Crippen molar-refractivity contribution in [2.24, 2.45) is 0 Å². The molecule has 2 aromatic heterocycles. The van der Waals surface area contributed by atoms with Crippen LogP contribution in [0.2, 0.25) is 0 Å². The highest BCUT2D eigenvalue weighted by Crippen LogP contribution is 2.49. The van der Waals surface area contributed by atoms with Gasteiger partial charge < -0.3 is 9.47 Å². The zero-order chi connectivity index (χ0) is 32.1. The average molecular weight is 645 g/mol. The normalized spacial score (nSPS) is 15.2. The number of allylic oxidation sites excluding steroid dienone is 2. The predicted molar refractivity (Wildman–Crippen MR) is 213 cm³/mol. The van der Waals surface area contributed by atoms with E-state index in [2.05, 4.69) is 161 Å². The molecule has 0 saturated heterocycles.